The van der Waals surface area contributed by atoms with Crippen LogP contribution in [0.5, 0.6) is 0 Å². The number of sulfone groups is 1. The second-order valence-electron chi connectivity index (χ2n) is 10.3. The highest BCUT2D eigenvalue weighted by atomic mass is 32.2. The molecule has 1 N–H and O–H groups in total. The number of fused-ring (bicyclic) bond motifs is 1. The van der Waals surface area contributed by atoms with Crippen LogP contribution in [0.3, 0.4) is 0 Å². The van der Waals surface area contributed by atoms with Gasteiger partial charge in [-0.05, 0) is 64.2 Å². The number of rotatable bonds is 12. The van der Waals surface area contributed by atoms with Crippen LogP contribution in [0.1, 0.15) is 31.2 Å². The number of hydrogen-bond donors (Lipinski definition) is 1. The minimum atomic E-state index is -3.35. The van der Waals surface area contributed by atoms with Crippen molar-refractivity contribution in [2.24, 2.45) is 5.16 Å². The van der Waals surface area contributed by atoms with Crippen molar-refractivity contribution in [3.8, 4) is 0 Å². The number of nitrogens with zero attached hydrogens (tertiary/aromatic N) is 5. The Labute approximate surface area is 238 Å². The van der Waals surface area contributed by atoms with E-state index in [4.69, 9.17) is 14.6 Å². The van der Waals surface area contributed by atoms with Crippen molar-refractivity contribution in [2.75, 3.05) is 57.7 Å². The lowest BCUT2D eigenvalue weighted by Gasteiger charge is -2.19. The molecule has 2 fully saturated rings. The highest BCUT2D eigenvalue weighted by Crippen LogP contribution is 2.33. The zero-order valence-electron chi connectivity index (χ0n) is 22.9. The van der Waals surface area contributed by atoms with E-state index in [1.54, 1.807) is 12.1 Å². The van der Waals surface area contributed by atoms with Crippen LogP contribution in [0.4, 0.5) is 10.9 Å². The molecule has 1 saturated carbocycles. The minimum Gasteiger partial charge on any atom is -0.389 e. The average molecular weight is 587 g/mol. The second-order valence-corrected chi connectivity index (χ2v) is 13.6. The molecule has 0 bridgehead atoms. The summed E-state index contributed by atoms with van der Waals surface area (Å²) in [5.74, 6) is 0.320. The smallest absolute Gasteiger partial charge is 0.280 e. The monoisotopic (exact) mass is 586 g/mol. The number of oxime groups is 1. The predicted molar refractivity (Wildman–Crippen MR) is 156 cm³/mol. The van der Waals surface area contributed by atoms with Gasteiger partial charge in [0, 0.05) is 25.6 Å². The molecule has 1 atom stereocenters. The van der Waals surface area contributed by atoms with Gasteiger partial charge < -0.3 is 19.4 Å². The predicted octanol–water partition coefficient (Wildman–Crippen LogP) is 3.16. The summed E-state index contributed by atoms with van der Waals surface area (Å²) in [4.78, 5) is 33.5. The fourth-order valence-corrected chi connectivity index (χ4v) is 6.78. The van der Waals surface area contributed by atoms with Crippen LogP contribution in [-0.4, -0.2) is 93.7 Å². The van der Waals surface area contributed by atoms with E-state index in [9.17, 15) is 13.2 Å². The number of hydrogen-bond acceptors (Lipinski definition) is 11. The molecule has 1 amide bonds. The molecule has 3 aromatic rings. The number of ether oxygens (including phenoxy) is 1. The van der Waals surface area contributed by atoms with Gasteiger partial charge in [-0.2, -0.15) is 0 Å². The van der Waals surface area contributed by atoms with Crippen molar-refractivity contribution in [3.63, 3.8) is 0 Å². The van der Waals surface area contributed by atoms with Gasteiger partial charge in [0.1, 0.15) is 16.2 Å². The highest BCUT2D eigenvalue weighted by molar-refractivity contribution is 7.92. The summed E-state index contributed by atoms with van der Waals surface area (Å²) in [5.41, 5.74) is 1.14. The zero-order valence-corrected chi connectivity index (χ0v) is 24.5. The van der Waals surface area contributed by atoms with Crippen LogP contribution >= 0.6 is 11.3 Å². The third-order valence-corrected chi connectivity index (χ3v) is 9.93. The van der Waals surface area contributed by atoms with Crippen molar-refractivity contribution in [3.05, 3.63) is 42.0 Å². The van der Waals surface area contributed by atoms with E-state index in [-0.39, 0.29) is 22.0 Å². The van der Waals surface area contributed by atoms with E-state index in [0.29, 0.717) is 53.5 Å². The number of anilines is 2. The molecule has 1 saturated heterocycles. The molecule has 5 rings (SSSR count). The third-order valence-electron chi connectivity index (χ3n) is 6.77. The summed E-state index contributed by atoms with van der Waals surface area (Å²) in [5, 5.41) is 7.06. The largest absolute Gasteiger partial charge is 0.389 e. The molecule has 0 radical (unpaired) electrons. The number of aromatic nitrogens is 2. The first kappa shape index (κ1) is 28.4. The topological polar surface area (TPSA) is 126 Å². The molecule has 3 heterocycles. The zero-order chi connectivity index (χ0) is 28.3. The standard InChI is InChI=1S/C27H34N6O5S2/c1-32(2)14-4-15-33(3)23-12-11-22-26(29-23)39-27(28-22)30-25(34)24(31-38-19-13-16-37-17-19)18-5-7-20(8-6-18)40(35,36)21-9-10-21/h5-8,11-12,19,21H,4,9-10,13-17H2,1-3H3,(H,28,30,34)/b31-24+/t19-/m1/s1. The van der Waals surface area contributed by atoms with E-state index in [1.807, 2.05) is 19.2 Å². The summed E-state index contributed by atoms with van der Waals surface area (Å²) in [7, 11) is 2.77. The first-order valence-corrected chi connectivity index (χ1v) is 15.7. The number of pyridine rings is 1. The maximum atomic E-state index is 13.4. The van der Waals surface area contributed by atoms with Crippen LogP contribution in [0.25, 0.3) is 10.3 Å². The van der Waals surface area contributed by atoms with Crippen LogP contribution in [0.15, 0.2) is 46.4 Å². The third kappa shape index (κ3) is 6.77. The van der Waals surface area contributed by atoms with E-state index < -0.39 is 15.7 Å². The quantitative estimate of drug-likeness (QED) is 0.252. The summed E-state index contributed by atoms with van der Waals surface area (Å²) in [6.45, 7) is 2.82. The molecule has 13 heteroatoms. The van der Waals surface area contributed by atoms with Gasteiger partial charge in [-0.15, -0.1) is 0 Å². The second kappa shape index (κ2) is 12.2. The van der Waals surface area contributed by atoms with Crippen LogP contribution in [-0.2, 0) is 24.2 Å². The molecule has 1 aromatic carbocycles. The van der Waals surface area contributed by atoms with E-state index in [1.165, 1.54) is 23.5 Å². The maximum absolute atomic E-state index is 13.4. The van der Waals surface area contributed by atoms with Gasteiger partial charge in [-0.25, -0.2) is 18.4 Å². The molecule has 40 heavy (non-hydrogen) atoms. The molecular weight excluding hydrogens is 552 g/mol. The Morgan fingerprint density at radius 2 is 1.88 bits per heavy atom. The number of benzene rings is 1. The number of carbonyl (C=O) groups is 1. The lowest BCUT2D eigenvalue weighted by molar-refractivity contribution is -0.110. The first-order chi connectivity index (χ1) is 19.2. The lowest BCUT2D eigenvalue weighted by atomic mass is 10.1. The number of carbonyl (C=O) groups excluding carboxylic acids is 1. The van der Waals surface area contributed by atoms with Crippen molar-refractivity contribution in [2.45, 2.75) is 41.9 Å². The first-order valence-electron chi connectivity index (χ1n) is 13.3. The van der Waals surface area contributed by atoms with E-state index in [0.717, 1.165) is 25.3 Å². The molecule has 0 unspecified atom stereocenters. The molecule has 1 aliphatic carbocycles. The average Bonchev–Trinajstić information content (AvgIpc) is 3.53. The van der Waals surface area contributed by atoms with Crippen LogP contribution in [0, 0.1) is 0 Å². The Balaban J connectivity index is 1.33. The molecular formula is C27H34N6O5S2. The lowest BCUT2D eigenvalue weighted by Crippen LogP contribution is -2.25. The summed E-state index contributed by atoms with van der Waals surface area (Å²) >= 11 is 1.27. The highest BCUT2D eigenvalue weighted by Gasteiger charge is 2.36. The Morgan fingerprint density at radius 3 is 2.55 bits per heavy atom. The summed E-state index contributed by atoms with van der Waals surface area (Å²) in [6.07, 6.45) is 2.80. The van der Waals surface area contributed by atoms with Gasteiger partial charge in [-0.3, -0.25) is 10.1 Å². The molecule has 2 aromatic heterocycles. The maximum Gasteiger partial charge on any atom is 0.280 e. The molecule has 0 spiro atoms. The number of amides is 1. The molecule has 11 nitrogen and oxygen atoms in total. The SMILES string of the molecule is CN(C)CCCN(C)c1ccc2nc(NC(=O)/C(=N/O[C@@H]3CCOC3)c3ccc(S(=O)(=O)C4CC4)cc3)sc2n1. The molecule has 2 aliphatic rings. The Kier molecular flexibility index (Phi) is 8.64. The number of thiazole rings is 1. The molecule has 214 valence electrons. The van der Waals surface area contributed by atoms with Gasteiger partial charge in [0.25, 0.3) is 5.91 Å². The fraction of sp³-hybridized carbons (Fsp3) is 0.481. The van der Waals surface area contributed by atoms with Crippen molar-refractivity contribution in [1.29, 1.82) is 0 Å². The van der Waals surface area contributed by atoms with Crippen LogP contribution in [0.2, 0.25) is 0 Å². The van der Waals surface area contributed by atoms with E-state index >= 15 is 0 Å². The van der Waals surface area contributed by atoms with Crippen molar-refractivity contribution in [1.82, 2.24) is 14.9 Å². The van der Waals surface area contributed by atoms with Gasteiger partial charge in [0.05, 0.1) is 23.4 Å². The van der Waals surface area contributed by atoms with Crippen LogP contribution < -0.4 is 10.2 Å². The van der Waals surface area contributed by atoms with Gasteiger partial charge >= 0.3 is 0 Å². The Hall–Kier alpha value is -3.13. The van der Waals surface area contributed by atoms with Gasteiger partial charge in [0.15, 0.2) is 26.8 Å². The van der Waals surface area contributed by atoms with E-state index in [2.05, 4.69) is 39.4 Å². The Bertz CT molecular complexity index is 1480. The summed E-state index contributed by atoms with van der Waals surface area (Å²) in [6, 6.07) is 10.0. The summed E-state index contributed by atoms with van der Waals surface area (Å²) < 4.78 is 30.6. The minimum absolute atomic E-state index is 0.0239. The van der Waals surface area contributed by atoms with Gasteiger partial charge in [-0.1, -0.05) is 28.6 Å². The van der Waals surface area contributed by atoms with Gasteiger partial charge in [0.2, 0.25) is 0 Å². The number of nitrogens with one attached hydrogen (secondary N) is 1. The fourth-order valence-electron chi connectivity index (χ4n) is 4.29. The normalized spacial score (nSPS) is 17.9. The molecule has 1 aliphatic heterocycles. The van der Waals surface area contributed by atoms with Crippen molar-refractivity contribution < 1.29 is 22.8 Å². The van der Waals surface area contributed by atoms with Crippen molar-refractivity contribution >= 4 is 54.1 Å². The Morgan fingerprint density at radius 1 is 1.10 bits per heavy atom.